The number of nitrogens with one attached hydrogen (secondary N) is 2. The second kappa shape index (κ2) is 4.65. The van der Waals surface area contributed by atoms with Crippen molar-refractivity contribution < 1.29 is 0 Å². The topological polar surface area (TPSA) is 24.1 Å². The summed E-state index contributed by atoms with van der Waals surface area (Å²) in [6.45, 7) is 4.14. The van der Waals surface area contributed by atoms with E-state index in [0.29, 0.717) is 0 Å². The van der Waals surface area contributed by atoms with Gasteiger partial charge >= 0.3 is 0 Å². The predicted molar refractivity (Wildman–Crippen MR) is 36.2 cm³/mol. The molecule has 0 aromatic rings. The van der Waals surface area contributed by atoms with Crippen LogP contribution in [0.4, 0.5) is 0 Å². The van der Waals surface area contributed by atoms with Crippen molar-refractivity contribution in [2.24, 2.45) is 0 Å². The first kappa shape index (κ1) is 7.50. The molecule has 0 radical (unpaired) electrons. The Hall–Kier alpha value is -0.500. The number of allylic oxidation sites excluding steroid dienone is 2. The van der Waals surface area contributed by atoms with Crippen molar-refractivity contribution in [3.8, 4) is 0 Å². The minimum absolute atomic E-state index is 1.08. The minimum atomic E-state index is 1.08. The Morgan fingerprint density at radius 1 is 1.62 bits per heavy atom. The molecule has 0 aliphatic rings. The van der Waals surface area contributed by atoms with Gasteiger partial charge in [0.1, 0.15) is 0 Å². The molecule has 0 rings (SSSR count). The maximum Gasteiger partial charge on any atom is 0.0190 e. The van der Waals surface area contributed by atoms with Crippen LogP contribution in [0, 0.1) is 0 Å². The van der Waals surface area contributed by atoms with Crippen LogP contribution in [0.1, 0.15) is 20.3 Å². The maximum absolute atomic E-state index is 2.96. The predicted octanol–water partition coefficient (Wildman–Crippen LogP) is 1.02. The first-order chi connectivity index (χ1) is 3.81. The summed E-state index contributed by atoms with van der Waals surface area (Å²) in [4.78, 5) is 0. The highest BCUT2D eigenvalue weighted by Crippen LogP contribution is 1.85. The molecular weight excluding hydrogens is 100 g/mol. The van der Waals surface area contributed by atoms with Gasteiger partial charge in [-0.2, -0.15) is 0 Å². The third-order valence-corrected chi connectivity index (χ3v) is 0.832. The van der Waals surface area contributed by atoms with Gasteiger partial charge in [-0.1, -0.05) is 13.0 Å². The molecule has 0 aliphatic carbocycles. The molecule has 0 spiro atoms. The standard InChI is InChI=1S/C6H14N2/c1-4-5-6(2)8-7-3/h5,7-8H,4H2,1-3H3/b6-5+. The zero-order valence-electron chi connectivity index (χ0n) is 5.78. The second-order valence-electron chi connectivity index (χ2n) is 1.67. The zero-order valence-corrected chi connectivity index (χ0v) is 5.78. The SMILES string of the molecule is CC/C=C(\C)NNC. The lowest BCUT2D eigenvalue weighted by atomic mass is 10.4. The molecule has 8 heavy (non-hydrogen) atoms. The third-order valence-electron chi connectivity index (χ3n) is 0.832. The fourth-order valence-corrected chi connectivity index (χ4v) is 0.554. The number of hydrogen-bond donors (Lipinski definition) is 2. The Kier molecular flexibility index (Phi) is 4.36. The van der Waals surface area contributed by atoms with Crippen molar-refractivity contribution in [3.05, 3.63) is 11.8 Å². The molecule has 0 bridgehead atoms. The van der Waals surface area contributed by atoms with Gasteiger partial charge in [-0.05, 0) is 13.3 Å². The van der Waals surface area contributed by atoms with Crippen molar-refractivity contribution in [2.45, 2.75) is 20.3 Å². The Morgan fingerprint density at radius 2 is 2.25 bits per heavy atom. The molecule has 2 nitrogen and oxygen atoms in total. The summed E-state index contributed by atoms with van der Waals surface area (Å²) in [5.74, 6) is 0. The van der Waals surface area contributed by atoms with Crippen LogP contribution < -0.4 is 10.9 Å². The molecular formula is C6H14N2. The molecule has 0 aliphatic heterocycles. The van der Waals surface area contributed by atoms with Gasteiger partial charge in [0.15, 0.2) is 0 Å². The molecule has 0 heterocycles. The van der Waals surface area contributed by atoms with Gasteiger partial charge in [0.25, 0.3) is 0 Å². The van der Waals surface area contributed by atoms with E-state index >= 15 is 0 Å². The normalized spacial score (nSPS) is 11.6. The molecule has 0 aromatic carbocycles. The Bertz CT molecular complexity index is 76.6. The fraction of sp³-hybridized carbons (Fsp3) is 0.667. The van der Waals surface area contributed by atoms with E-state index in [0.717, 1.165) is 6.42 Å². The van der Waals surface area contributed by atoms with Crippen LogP contribution in [0.5, 0.6) is 0 Å². The third kappa shape index (κ3) is 3.68. The van der Waals surface area contributed by atoms with Crippen LogP contribution in [0.15, 0.2) is 11.8 Å². The maximum atomic E-state index is 2.96. The van der Waals surface area contributed by atoms with Gasteiger partial charge in [-0.15, -0.1) is 0 Å². The van der Waals surface area contributed by atoms with E-state index in [1.807, 2.05) is 14.0 Å². The minimum Gasteiger partial charge on any atom is -0.326 e. The van der Waals surface area contributed by atoms with Crippen molar-refractivity contribution in [1.29, 1.82) is 0 Å². The molecule has 48 valence electrons. The van der Waals surface area contributed by atoms with Gasteiger partial charge < -0.3 is 5.43 Å². The lowest BCUT2D eigenvalue weighted by molar-refractivity contribution is 0.686. The first-order valence-corrected chi connectivity index (χ1v) is 2.90. The van der Waals surface area contributed by atoms with E-state index in [1.54, 1.807) is 0 Å². The summed E-state index contributed by atoms with van der Waals surface area (Å²) < 4.78 is 0. The average molecular weight is 114 g/mol. The molecule has 0 aromatic heterocycles. The van der Waals surface area contributed by atoms with E-state index < -0.39 is 0 Å². The lowest BCUT2D eigenvalue weighted by Crippen LogP contribution is -2.25. The summed E-state index contributed by atoms with van der Waals surface area (Å²) in [6, 6.07) is 0. The van der Waals surface area contributed by atoms with E-state index in [9.17, 15) is 0 Å². The van der Waals surface area contributed by atoms with Crippen LogP contribution in [-0.4, -0.2) is 7.05 Å². The highest BCUT2D eigenvalue weighted by Gasteiger charge is 1.77. The van der Waals surface area contributed by atoms with Crippen LogP contribution in [0.2, 0.25) is 0 Å². The monoisotopic (exact) mass is 114 g/mol. The molecule has 2 heteroatoms. The first-order valence-electron chi connectivity index (χ1n) is 2.90. The fourth-order valence-electron chi connectivity index (χ4n) is 0.554. The van der Waals surface area contributed by atoms with Gasteiger partial charge in [0, 0.05) is 12.7 Å². The lowest BCUT2D eigenvalue weighted by Gasteiger charge is -2.01. The molecule has 0 saturated heterocycles. The highest BCUT2D eigenvalue weighted by molar-refractivity contribution is 4.92. The van der Waals surface area contributed by atoms with Crippen LogP contribution >= 0.6 is 0 Å². The van der Waals surface area contributed by atoms with E-state index in [2.05, 4.69) is 23.9 Å². The molecule has 2 N–H and O–H groups in total. The zero-order chi connectivity index (χ0) is 6.41. The second-order valence-corrected chi connectivity index (χ2v) is 1.67. The summed E-state index contributed by atoms with van der Waals surface area (Å²) in [5.41, 5.74) is 6.97. The molecule has 0 atom stereocenters. The van der Waals surface area contributed by atoms with Crippen molar-refractivity contribution in [2.75, 3.05) is 7.05 Å². The van der Waals surface area contributed by atoms with Crippen LogP contribution in [-0.2, 0) is 0 Å². The molecule has 0 saturated carbocycles. The highest BCUT2D eigenvalue weighted by atomic mass is 15.3. The number of hydrazine groups is 1. The summed E-state index contributed by atoms with van der Waals surface area (Å²) in [5, 5.41) is 0. The quantitative estimate of drug-likeness (QED) is 0.535. The smallest absolute Gasteiger partial charge is 0.0190 e. The Morgan fingerprint density at radius 3 is 2.62 bits per heavy atom. The van der Waals surface area contributed by atoms with Gasteiger partial charge in [-0.25, -0.2) is 5.43 Å². The van der Waals surface area contributed by atoms with Crippen LogP contribution in [0.3, 0.4) is 0 Å². The molecule has 0 unspecified atom stereocenters. The Labute approximate surface area is 50.9 Å². The van der Waals surface area contributed by atoms with Crippen LogP contribution in [0.25, 0.3) is 0 Å². The van der Waals surface area contributed by atoms with Gasteiger partial charge in [0.05, 0.1) is 0 Å². The molecule has 0 fully saturated rings. The largest absolute Gasteiger partial charge is 0.326 e. The van der Waals surface area contributed by atoms with Crippen molar-refractivity contribution >= 4 is 0 Å². The van der Waals surface area contributed by atoms with Crippen molar-refractivity contribution in [1.82, 2.24) is 10.9 Å². The Balaban J connectivity index is 3.29. The summed E-state index contributed by atoms with van der Waals surface area (Å²) in [7, 11) is 1.85. The molecule has 0 amide bonds. The van der Waals surface area contributed by atoms with E-state index in [-0.39, 0.29) is 0 Å². The van der Waals surface area contributed by atoms with E-state index in [4.69, 9.17) is 0 Å². The summed E-state index contributed by atoms with van der Waals surface area (Å²) >= 11 is 0. The van der Waals surface area contributed by atoms with Gasteiger partial charge in [-0.3, -0.25) is 0 Å². The van der Waals surface area contributed by atoms with Crippen molar-refractivity contribution in [3.63, 3.8) is 0 Å². The average Bonchev–Trinajstić information content (AvgIpc) is 1.68. The number of hydrogen-bond acceptors (Lipinski definition) is 2. The van der Waals surface area contributed by atoms with E-state index in [1.165, 1.54) is 5.70 Å². The summed E-state index contributed by atoms with van der Waals surface area (Å²) in [6.07, 6.45) is 3.21. The van der Waals surface area contributed by atoms with Gasteiger partial charge in [0.2, 0.25) is 0 Å². The number of rotatable bonds is 3.